The summed E-state index contributed by atoms with van der Waals surface area (Å²) in [6.07, 6.45) is 8.40. The second kappa shape index (κ2) is 4.30. The highest BCUT2D eigenvalue weighted by Gasteiger charge is 2.17. The Morgan fingerprint density at radius 2 is 2.12 bits per heavy atom. The van der Waals surface area contributed by atoms with Crippen molar-refractivity contribution < 1.29 is 0 Å². The number of imidazole rings is 1. The van der Waals surface area contributed by atoms with Crippen LogP contribution < -0.4 is 5.73 Å². The van der Waals surface area contributed by atoms with Gasteiger partial charge in [-0.1, -0.05) is 0 Å². The van der Waals surface area contributed by atoms with Gasteiger partial charge in [-0.3, -0.25) is 4.98 Å². The number of aromatic nitrogens is 3. The van der Waals surface area contributed by atoms with Crippen LogP contribution in [0.25, 0.3) is 5.69 Å². The molecule has 17 heavy (non-hydrogen) atoms. The van der Waals surface area contributed by atoms with Gasteiger partial charge in [0.1, 0.15) is 0 Å². The van der Waals surface area contributed by atoms with Gasteiger partial charge < -0.3 is 10.3 Å². The summed E-state index contributed by atoms with van der Waals surface area (Å²) in [7, 11) is 0. The fourth-order valence-corrected chi connectivity index (χ4v) is 2.48. The van der Waals surface area contributed by atoms with Crippen molar-refractivity contribution in [2.45, 2.75) is 32.2 Å². The Balaban J connectivity index is 2.12. The van der Waals surface area contributed by atoms with Crippen molar-refractivity contribution in [3.8, 4) is 5.69 Å². The Kier molecular flexibility index (Phi) is 2.65. The third-order valence-corrected chi connectivity index (χ3v) is 3.35. The van der Waals surface area contributed by atoms with Gasteiger partial charge in [-0.05, 0) is 37.8 Å². The molecule has 0 atom stereocenters. The number of aryl methyl sites for hydroxylation is 1. The predicted octanol–water partition coefficient (Wildman–Crippen LogP) is 1.60. The molecule has 1 aliphatic rings. The smallest absolute Gasteiger partial charge is 0.0998 e. The van der Waals surface area contributed by atoms with Crippen LogP contribution in [0.1, 0.15) is 29.9 Å². The first-order chi connectivity index (χ1) is 8.40. The van der Waals surface area contributed by atoms with Crippen molar-refractivity contribution in [3.05, 3.63) is 41.7 Å². The van der Waals surface area contributed by atoms with Crippen molar-refractivity contribution in [3.63, 3.8) is 0 Å². The second-order valence-electron chi connectivity index (χ2n) is 4.39. The highest BCUT2D eigenvalue weighted by molar-refractivity contribution is 5.39. The molecule has 0 amide bonds. The van der Waals surface area contributed by atoms with Crippen molar-refractivity contribution in [2.24, 2.45) is 5.73 Å². The molecule has 0 aromatic carbocycles. The van der Waals surface area contributed by atoms with Gasteiger partial charge in [0.25, 0.3) is 0 Å². The topological polar surface area (TPSA) is 56.7 Å². The van der Waals surface area contributed by atoms with Crippen molar-refractivity contribution in [2.75, 3.05) is 0 Å². The van der Waals surface area contributed by atoms with Crippen LogP contribution in [0, 0.1) is 0 Å². The normalized spacial score (nSPS) is 14.6. The molecule has 2 aromatic heterocycles. The lowest BCUT2D eigenvalue weighted by Gasteiger charge is -2.15. The standard InChI is InChI=1S/C13H16N4/c14-8-11-13(6-3-7-15-11)17-9-16-10-4-1-2-5-12(10)17/h3,6-7,9H,1-2,4-5,8,14H2. The van der Waals surface area contributed by atoms with E-state index in [9.17, 15) is 0 Å². The fourth-order valence-electron chi connectivity index (χ4n) is 2.48. The zero-order chi connectivity index (χ0) is 11.7. The average Bonchev–Trinajstić information content (AvgIpc) is 2.82. The van der Waals surface area contributed by atoms with Gasteiger partial charge in [0.05, 0.1) is 23.4 Å². The molecule has 4 nitrogen and oxygen atoms in total. The van der Waals surface area contributed by atoms with Gasteiger partial charge >= 0.3 is 0 Å². The van der Waals surface area contributed by atoms with E-state index < -0.39 is 0 Å². The van der Waals surface area contributed by atoms with E-state index in [1.165, 1.54) is 24.2 Å². The molecule has 1 aliphatic carbocycles. The molecule has 0 saturated carbocycles. The van der Waals surface area contributed by atoms with Crippen LogP contribution >= 0.6 is 0 Å². The van der Waals surface area contributed by atoms with Crippen molar-refractivity contribution in [1.29, 1.82) is 0 Å². The van der Waals surface area contributed by atoms with Gasteiger partial charge in [-0.2, -0.15) is 0 Å². The number of hydrogen-bond donors (Lipinski definition) is 1. The fraction of sp³-hybridized carbons (Fsp3) is 0.385. The Hall–Kier alpha value is -1.68. The molecular weight excluding hydrogens is 212 g/mol. The first-order valence-electron chi connectivity index (χ1n) is 6.09. The average molecular weight is 228 g/mol. The Bertz CT molecular complexity index is 530. The van der Waals surface area contributed by atoms with Crippen LogP contribution in [0.15, 0.2) is 24.7 Å². The summed E-state index contributed by atoms with van der Waals surface area (Å²) in [6, 6.07) is 4.01. The first-order valence-corrected chi connectivity index (χ1v) is 6.09. The van der Waals surface area contributed by atoms with Crippen LogP contribution in [0.2, 0.25) is 0 Å². The van der Waals surface area contributed by atoms with E-state index in [2.05, 4.69) is 20.6 Å². The molecule has 3 rings (SSSR count). The van der Waals surface area contributed by atoms with Gasteiger partial charge in [0.2, 0.25) is 0 Å². The number of pyridine rings is 1. The van der Waals surface area contributed by atoms with Crippen molar-refractivity contribution in [1.82, 2.24) is 14.5 Å². The SMILES string of the molecule is NCc1ncccc1-n1cnc2c1CCCC2. The van der Waals surface area contributed by atoms with E-state index in [0.717, 1.165) is 24.2 Å². The summed E-state index contributed by atoms with van der Waals surface area (Å²) < 4.78 is 2.16. The Labute approximate surface area is 101 Å². The van der Waals surface area contributed by atoms with Gasteiger partial charge in [0.15, 0.2) is 0 Å². The summed E-state index contributed by atoms with van der Waals surface area (Å²) in [5.41, 5.74) is 10.3. The molecule has 88 valence electrons. The number of hydrogen-bond acceptors (Lipinski definition) is 3. The van der Waals surface area contributed by atoms with E-state index in [1.54, 1.807) is 6.20 Å². The number of rotatable bonds is 2. The quantitative estimate of drug-likeness (QED) is 0.849. The van der Waals surface area contributed by atoms with E-state index in [1.807, 2.05) is 12.4 Å². The number of nitrogens with zero attached hydrogens (tertiary/aromatic N) is 3. The molecule has 0 bridgehead atoms. The lowest BCUT2D eigenvalue weighted by atomic mass is 10.0. The van der Waals surface area contributed by atoms with Crippen LogP contribution in [0.4, 0.5) is 0 Å². The minimum absolute atomic E-state index is 0.461. The molecule has 4 heteroatoms. The Morgan fingerprint density at radius 3 is 3.00 bits per heavy atom. The first kappa shape index (κ1) is 10.5. The largest absolute Gasteiger partial charge is 0.325 e. The molecular formula is C13H16N4. The van der Waals surface area contributed by atoms with Gasteiger partial charge in [-0.25, -0.2) is 4.98 Å². The van der Waals surface area contributed by atoms with Crippen LogP contribution in [-0.4, -0.2) is 14.5 Å². The third-order valence-electron chi connectivity index (χ3n) is 3.35. The molecule has 2 heterocycles. The van der Waals surface area contributed by atoms with Crippen LogP contribution in [0.3, 0.4) is 0 Å². The number of fused-ring (bicyclic) bond motifs is 1. The summed E-state index contributed by atoms with van der Waals surface area (Å²) in [4.78, 5) is 8.83. The maximum absolute atomic E-state index is 5.74. The molecule has 0 unspecified atom stereocenters. The van der Waals surface area contributed by atoms with E-state index in [4.69, 9.17) is 5.73 Å². The summed E-state index contributed by atoms with van der Waals surface area (Å²) in [5, 5.41) is 0. The van der Waals surface area contributed by atoms with Crippen LogP contribution in [-0.2, 0) is 19.4 Å². The maximum Gasteiger partial charge on any atom is 0.0998 e. The third kappa shape index (κ3) is 1.74. The zero-order valence-electron chi connectivity index (χ0n) is 9.76. The molecule has 0 aliphatic heterocycles. The highest BCUT2D eigenvalue weighted by atomic mass is 15.1. The second-order valence-corrected chi connectivity index (χ2v) is 4.39. The van der Waals surface area contributed by atoms with Crippen molar-refractivity contribution >= 4 is 0 Å². The lowest BCUT2D eigenvalue weighted by Crippen LogP contribution is -2.11. The summed E-state index contributed by atoms with van der Waals surface area (Å²) in [5.74, 6) is 0. The lowest BCUT2D eigenvalue weighted by molar-refractivity contribution is 0.655. The molecule has 0 radical (unpaired) electrons. The molecule has 0 fully saturated rings. The van der Waals surface area contributed by atoms with Crippen LogP contribution in [0.5, 0.6) is 0 Å². The minimum Gasteiger partial charge on any atom is -0.325 e. The predicted molar refractivity (Wildman–Crippen MR) is 65.9 cm³/mol. The van der Waals surface area contributed by atoms with E-state index >= 15 is 0 Å². The molecule has 0 spiro atoms. The molecule has 2 aromatic rings. The van der Waals surface area contributed by atoms with Gasteiger partial charge in [-0.15, -0.1) is 0 Å². The molecule has 0 saturated heterocycles. The van der Waals surface area contributed by atoms with E-state index in [-0.39, 0.29) is 0 Å². The minimum atomic E-state index is 0.461. The highest BCUT2D eigenvalue weighted by Crippen LogP contribution is 2.23. The van der Waals surface area contributed by atoms with Gasteiger partial charge in [0, 0.05) is 18.4 Å². The monoisotopic (exact) mass is 228 g/mol. The summed E-state index contributed by atoms with van der Waals surface area (Å²) >= 11 is 0. The zero-order valence-corrected chi connectivity index (χ0v) is 9.76. The number of nitrogens with two attached hydrogens (primary N) is 1. The Morgan fingerprint density at radius 1 is 1.24 bits per heavy atom. The maximum atomic E-state index is 5.74. The molecule has 2 N–H and O–H groups in total. The van der Waals surface area contributed by atoms with E-state index in [0.29, 0.717) is 6.54 Å². The summed E-state index contributed by atoms with van der Waals surface area (Å²) in [6.45, 7) is 0.461.